The van der Waals surface area contributed by atoms with Crippen molar-refractivity contribution in [2.24, 2.45) is 0 Å². The van der Waals surface area contributed by atoms with E-state index >= 15 is 0 Å². The van der Waals surface area contributed by atoms with Gasteiger partial charge in [-0.15, -0.1) is 11.3 Å². The number of hydrogen-bond acceptors (Lipinski definition) is 3. The second-order valence-corrected chi connectivity index (χ2v) is 6.15. The van der Waals surface area contributed by atoms with Crippen molar-refractivity contribution in [1.82, 2.24) is 4.98 Å². The lowest BCUT2D eigenvalue weighted by Gasteiger charge is -2.22. The molecule has 0 saturated heterocycles. The molecule has 2 aromatic rings. The normalized spacial score (nSPS) is 14.1. The number of aromatic nitrogens is 1. The van der Waals surface area contributed by atoms with Gasteiger partial charge in [-0.1, -0.05) is 18.4 Å². The predicted molar refractivity (Wildman–Crippen MR) is 82.8 cm³/mol. The average molecular weight is 297 g/mol. The lowest BCUT2D eigenvalue weighted by atomic mass is 9.83. The monoisotopic (exact) mass is 297 g/mol. The number of aryl methyl sites for hydroxylation is 1. The molecule has 0 radical (unpaired) electrons. The van der Waals surface area contributed by atoms with Crippen LogP contribution in [-0.2, 0) is 0 Å². The van der Waals surface area contributed by atoms with Crippen LogP contribution in [0.25, 0.3) is 0 Å². The molecule has 1 aromatic heterocycles. The summed E-state index contributed by atoms with van der Waals surface area (Å²) in [6.07, 6.45) is 3.76. The van der Waals surface area contributed by atoms with Gasteiger partial charge in [0, 0.05) is 16.9 Å². The Labute approximate surface area is 127 Å². The van der Waals surface area contributed by atoms with E-state index in [1.807, 2.05) is 6.07 Å². The van der Waals surface area contributed by atoms with E-state index in [9.17, 15) is 4.79 Å². The third kappa shape index (κ3) is 2.98. The van der Waals surface area contributed by atoms with Crippen LogP contribution in [0.1, 0.15) is 57.4 Å². The summed E-state index contributed by atoms with van der Waals surface area (Å²) in [5, 5.41) is 12.0. The number of carboxylic acid groups (broad SMARTS) is 1. The molecule has 3 nitrogen and oxygen atoms in total. The molecule has 0 unspecified atom stereocenters. The highest BCUT2D eigenvalue weighted by Crippen LogP contribution is 2.36. The summed E-state index contributed by atoms with van der Waals surface area (Å²) in [5.41, 5.74) is 2.91. The first-order valence-corrected chi connectivity index (χ1v) is 7.83. The number of aromatic carboxylic acids is 1. The zero-order chi connectivity index (χ0) is 14.8. The van der Waals surface area contributed by atoms with Gasteiger partial charge in [-0.2, -0.15) is 0 Å². The molecular weight excluding hydrogens is 282 g/mol. The Kier molecular flexibility index (Phi) is 3.76. The molecule has 1 aromatic carbocycles. The van der Waals surface area contributed by atoms with E-state index < -0.39 is 5.97 Å². The molecule has 4 heteroatoms. The van der Waals surface area contributed by atoms with E-state index in [0.29, 0.717) is 17.0 Å². The van der Waals surface area contributed by atoms with Gasteiger partial charge in [0.05, 0.1) is 11.3 Å². The predicted octanol–water partition coefficient (Wildman–Crippen LogP) is 3.82. The standard InChI is InChI=1S/C17H15NO2S/c1-11-5-6-12(9-14(11)17(19)20)7-8-16-18-15(10-21-16)13-3-2-4-13/h5-6,9-10,13H,2-4H2,1H3,(H,19,20). The topological polar surface area (TPSA) is 50.2 Å². The second kappa shape index (κ2) is 5.71. The summed E-state index contributed by atoms with van der Waals surface area (Å²) in [6.45, 7) is 1.78. The Hall–Kier alpha value is -2.12. The van der Waals surface area contributed by atoms with Crippen LogP contribution in [0, 0.1) is 18.8 Å². The minimum atomic E-state index is -0.919. The number of carbonyl (C=O) groups is 1. The van der Waals surface area contributed by atoms with Crippen molar-refractivity contribution in [3.05, 3.63) is 51.0 Å². The van der Waals surface area contributed by atoms with Gasteiger partial charge in [-0.3, -0.25) is 0 Å². The van der Waals surface area contributed by atoms with Crippen LogP contribution in [-0.4, -0.2) is 16.1 Å². The van der Waals surface area contributed by atoms with Crippen molar-refractivity contribution in [2.75, 3.05) is 0 Å². The van der Waals surface area contributed by atoms with E-state index in [2.05, 4.69) is 22.2 Å². The van der Waals surface area contributed by atoms with Crippen LogP contribution >= 0.6 is 11.3 Å². The molecule has 1 saturated carbocycles. The SMILES string of the molecule is Cc1ccc(C#Cc2nc(C3CCC3)cs2)cc1C(=O)O. The largest absolute Gasteiger partial charge is 0.478 e. The lowest BCUT2D eigenvalue weighted by molar-refractivity contribution is 0.0696. The molecule has 1 heterocycles. The highest BCUT2D eigenvalue weighted by molar-refractivity contribution is 7.10. The number of rotatable bonds is 2. The quantitative estimate of drug-likeness (QED) is 0.857. The van der Waals surface area contributed by atoms with Gasteiger partial charge < -0.3 is 5.11 Å². The molecule has 1 fully saturated rings. The number of hydrogen-bond donors (Lipinski definition) is 1. The van der Waals surface area contributed by atoms with E-state index in [1.54, 1.807) is 30.4 Å². The van der Waals surface area contributed by atoms with Gasteiger partial charge in [0.2, 0.25) is 0 Å². The summed E-state index contributed by atoms with van der Waals surface area (Å²) in [6, 6.07) is 5.25. The van der Waals surface area contributed by atoms with Crippen LogP contribution in [0.2, 0.25) is 0 Å². The third-order valence-electron chi connectivity index (χ3n) is 3.83. The second-order valence-electron chi connectivity index (χ2n) is 5.29. The molecule has 1 aliphatic rings. The van der Waals surface area contributed by atoms with Gasteiger partial charge in [0.1, 0.15) is 0 Å². The van der Waals surface area contributed by atoms with Crippen molar-refractivity contribution in [3.8, 4) is 11.8 Å². The molecule has 21 heavy (non-hydrogen) atoms. The number of thiazole rings is 1. The summed E-state index contributed by atoms with van der Waals surface area (Å²) < 4.78 is 0. The van der Waals surface area contributed by atoms with E-state index in [4.69, 9.17) is 5.11 Å². The Bertz CT molecular complexity index is 748. The Balaban J connectivity index is 1.82. The van der Waals surface area contributed by atoms with E-state index in [1.165, 1.54) is 19.3 Å². The summed E-state index contributed by atoms with van der Waals surface area (Å²) in [4.78, 5) is 15.7. The van der Waals surface area contributed by atoms with Crippen molar-refractivity contribution >= 4 is 17.3 Å². The minimum Gasteiger partial charge on any atom is -0.478 e. The maximum absolute atomic E-state index is 11.1. The van der Waals surface area contributed by atoms with Gasteiger partial charge >= 0.3 is 5.97 Å². The molecule has 106 valence electrons. The van der Waals surface area contributed by atoms with Gasteiger partial charge in [-0.05, 0) is 43.4 Å². The van der Waals surface area contributed by atoms with Crippen molar-refractivity contribution < 1.29 is 9.90 Å². The van der Waals surface area contributed by atoms with Crippen LogP contribution in [0.3, 0.4) is 0 Å². The van der Waals surface area contributed by atoms with Crippen LogP contribution < -0.4 is 0 Å². The molecule has 1 N–H and O–H groups in total. The van der Waals surface area contributed by atoms with Crippen molar-refractivity contribution in [2.45, 2.75) is 32.1 Å². The van der Waals surface area contributed by atoms with Crippen LogP contribution in [0.15, 0.2) is 23.6 Å². The molecule has 0 bridgehead atoms. The molecular formula is C17H15NO2S. The van der Waals surface area contributed by atoms with Crippen molar-refractivity contribution in [1.29, 1.82) is 0 Å². The van der Waals surface area contributed by atoms with Crippen molar-refractivity contribution in [3.63, 3.8) is 0 Å². The van der Waals surface area contributed by atoms with Gasteiger partial charge in [0.15, 0.2) is 5.01 Å². The molecule has 0 aliphatic heterocycles. The maximum Gasteiger partial charge on any atom is 0.335 e. The molecule has 3 rings (SSSR count). The van der Waals surface area contributed by atoms with Gasteiger partial charge in [0.25, 0.3) is 0 Å². The Morgan fingerprint density at radius 2 is 2.19 bits per heavy atom. The zero-order valence-electron chi connectivity index (χ0n) is 11.7. The lowest BCUT2D eigenvalue weighted by Crippen LogP contribution is -2.08. The molecule has 0 atom stereocenters. The first kappa shape index (κ1) is 13.8. The first-order valence-electron chi connectivity index (χ1n) is 6.95. The maximum atomic E-state index is 11.1. The fourth-order valence-corrected chi connectivity index (χ4v) is 3.04. The van der Waals surface area contributed by atoms with Crippen LogP contribution in [0.4, 0.5) is 0 Å². The number of benzene rings is 1. The summed E-state index contributed by atoms with van der Waals surface area (Å²) >= 11 is 1.56. The number of carboxylic acids is 1. The summed E-state index contributed by atoms with van der Waals surface area (Å²) in [5.74, 6) is 5.74. The Morgan fingerprint density at radius 3 is 2.86 bits per heavy atom. The Morgan fingerprint density at radius 1 is 1.38 bits per heavy atom. The van der Waals surface area contributed by atoms with Crippen LogP contribution in [0.5, 0.6) is 0 Å². The minimum absolute atomic E-state index is 0.302. The summed E-state index contributed by atoms with van der Waals surface area (Å²) in [7, 11) is 0. The molecule has 0 spiro atoms. The fourth-order valence-electron chi connectivity index (χ4n) is 2.29. The smallest absolute Gasteiger partial charge is 0.335 e. The highest BCUT2D eigenvalue weighted by atomic mass is 32.1. The molecule has 0 amide bonds. The average Bonchev–Trinajstić information content (AvgIpc) is 2.84. The highest BCUT2D eigenvalue weighted by Gasteiger charge is 2.21. The first-order chi connectivity index (χ1) is 10.1. The zero-order valence-corrected chi connectivity index (χ0v) is 12.5. The third-order valence-corrected chi connectivity index (χ3v) is 4.60. The fraction of sp³-hybridized carbons (Fsp3) is 0.294. The number of nitrogens with zero attached hydrogens (tertiary/aromatic N) is 1. The molecule has 1 aliphatic carbocycles. The van der Waals surface area contributed by atoms with E-state index in [-0.39, 0.29) is 0 Å². The van der Waals surface area contributed by atoms with E-state index in [0.717, 1.165) is 16.3 Å². The van der Waals surface area contributed by atoms with Gasteiger partial charge in [-0.25, -0.2) is 9.78 Å².